The van der Waals surface area contributed by atoms with Gasteiger partial charge in [-0.05, 0) is 0 Å². The van der Waals surface area contributed by atoms with Gasteiger partial charge in [0.15, 0.2) is 0 Å². The van der Waals surface area contributed by atoms with Crippen LogP contribution in [0.4, 0.5) is 0 Å². The van der Waals surface area contributed by atoms with E-state index >= 15 is 0 Å². The molecule has 0 rings (SSSR count). The molecule has 0 aromatic carbocycles. The van der Waals surface area contributed by atoms with E-state index in [0.29, 0.717) is 19.8 Å². The molecule has 0 bridgehead atoms. The summed E-state index contributed by atoms with van der Waals surface area (Å²) in [4.78, 5) is 0. The van der Waals surface area contributed by atoms with Gasteiger partial charge >= 0.3 is 60.9 Å². The molecule has 0 heterocycles. The summed E-state index contributed by atoms with van der Waals surface area (Å²) in [5.41, 5.74) is 0. The van der Waals surface area contributed by atoms with Crippen molar-refractivity contribution in [3.8, 4) is 0 Å². The van der Waals surface area contributed by atoms with Gasteiger partial charge < -0.3 is 5.48 Å². The first-order chi connectivity index (χ1) is 1.00. The molecule has 0 atom stereocenters. The standard InChI is InChI=1S/Ca.Mo.H2O.O.2H/h;;1H2;;;. The summed E-state index contributed by atoms with van der Waals surface area (Å²) in [6, 6.07) is 0. The van der Waals surface area contributed by atoms with Crippen molar-refractivity contribution in [1.82, 2.24) is 0 Å². The maximum atomic E-state index is 8.26. The molecule has 2 N–H and O–H groups in total. The topological polar surface area (TPSA) is 48.6 Å². The van der Waals surface area contributed by atoms with Crippen LogP contribution in [0.25, 0.3) is 0 Å². The third-order valence-electron chi connectivity index (χ3n) is 0. The van der Waals surface area contributed by atoms with Gasteiger partial charge in [-0.25, -0.2) is 0 Å². The van der Waals surface area contributed by atoms with Crippen LogP contribution in [0, 0.1) is 0 Å². The van der Waals surface area contributed by atoms with Gasteiger partial charge in [0.05, 0.1) is 0 Å². The number of rotatable bonds is 0. The molecule has 0 aliphatic carbocycles. The second-order valence-electron chi connectivity index (χ2n) is 0. The van der Waals surface area contributed by atoms with Crippen LogP contribution in [0.15, 0.2) is 0 Å². The predicted molar refractivity (Wildman–Crippen MR) is 12.8 cm³/mol. The summed E-state index contributed by atoms with van der Waals surface area (Å²) in [5, 5.41) is 0. The van der Waals surface area contributed by atoms with Gasteiger partial charge in [-0.1, -0.05) is 0 Å². The molecular weight excluding hydrogens is 168 g/mol. The normalized spacial score (nSPS) is 1.00. The number of hydrogen-bond acceptors (Lipinski definition) is 1. The van der Waals surface area contributed by atoms with Crippen LogP contribution >= 0.6 is 0 Å². The minimum absolute atomic E-state index is 0. The van der Waals surface area contributed by atoms with E-state index in [4.69, 9.17) is 3.40 Å². The fraction of sp³-hybridized carbons (Fsp3) is 0. The van der Waals surface area contributed by atoms with Crippen LogP contribution in [0.1, 0.15) is 0 Å². The fourth-order valence-electron chi connectivity index (χ4n) is 0. The molecule has 0 aromatic rings. The Morgan fingerprint density at radius 3 is 1.25 bits per heavy atom. The molecule has 4 heteroatoms. The van der Waals surface area contributed by atoms with Crippen molar-refractivity contribution >= 4 is 37.7 Å². The third kappa shape index (κ3) is 9.32. The molecule has 4 heavy (non-hydrogen) atoms. The summed E-state index contributed by atoms with van der Waals surface area (Å²) in [7, 11) is 0. The maximum absolute atomic E-state index is 8.26. The minimum atomic E-state index is 0. The average Bonchev–Trinajstić information content (AvgIpc) is 1.00. The van der Waals surface area contributed by atoms with Gasteiger partial charge in [0, 0.05) is 0 Å². The molecule has 2 nitrogen and oxygen atoms in total. The molecule has 0 radical (unpaired) electrons. The summed E-state index contributed by atoms with van der Waals surface area (Å²) < 4.78 is 8.26. The molecule has 0 spiro atoms. The summed E-state index contributed by atoms with van der Waals surface area (Å²) in [6.07, 6.45) is 0. The van der Waals surface area contributed by atoms with E-state index in [0.717, 1.165) is 0 Å². The van der Waals surface area contributed by atoms with E-state index in [9.17, 15) is 0 Å². The first-order valence-corrected chi connectivity index (χ1v) is 0.986. The SMILES string of the molecule is O.[CaH2].[O]=[Mo]. The second-order valence-corrected chi connectivity index (χ2v) is 0. The van der Waals surface area contributed by atoms with Gasteiger partial charge in [0.25, 0.3) is 0 Å². The Morgan fingerprint density at radius 2 is 1.25 bits per heavy atom. The van der Waals surface area contributed by atoms with Crippen molar-refractivity contribution in [2.24, 2.45) is 0 Å². The summed E-state index contributed by atoms with van der Waals surface area (Å²) in [6.45, 7) is 0. The van der Waals surface area contributed by atoms with Crippen molar-refractivity contribution in [2.75, 3.05) is 0 Å². The molecule has 0 saturated carbocycles. The Hall–Kier alpha value is 1.71. The molecular formula is H4CaMoO2. The van der Waals surface area contributed by atoms with Gasteiger partial charge in [-0.15, -0.1) is 0 Å². The Morgan fingerprint density at radius 1 is 1.25 bits per heavy atom. The van der Waals surface area contributed by atoms with Gasteiger partial charge in [0.1, 0.15) is 0 Å². The molecule has 0 aromatic heterocycles. The molecule has 0 fully saturated rings. The number of hydrogen-bond donors (Lipinski definition) is 0. The molecule has 0 aliphatic rings. The molecule has 0 unspecified atom stereocenters. The molecule has 24 valence electrons. The van der Waals surface area contributed by atoms with Gasteiger partial charge in [0.2, 0.25) is 0 Å². The third-order valence-corrected chi connectivity index (χ3v) is 0. The van der Waals surface area contributed by atoms with Crippen LogP contribution < -0.4 is 0 Å². The molecule has 0 amide bonds. The van der Waals surface area contributed by atoms with E-state index in [1.165, 1.54) is 0 Å². The van der Waals surface area contributed by atoms with Crippen molar-refractivity contribution in [2.45, 2.75) is 0 Å². The zero-order valence-corrected chi connectivity index (χ0v) is 3.32. The monoisotopic (exact) mass is 174 g/mol. The summed E-state index contributed by atoms with van der Waals surface area (Å²) in [5.74, 6) is 0. The van der Waals surface area contributed by atoms with Crippen molar-refractivity contribution in [3.63, 3.8) is 0 Å². The first-order valence-electron chi connectivity index (χ1n) is 0.167. The van der Waals surface area contributed by atoms with Crippen LogP contribution in [0.2, 0.25) is 0 Å². The van der Waals surface area contributed by atoms with Crippen LogP contribution in [-0.4, -0.2) is 43.2 Å². The van der Waals surface area contributed by atoms with Crippen molar-refractivity contribution in [1.29, 1.82) is 0 Å². The van der Waals surface area contributed by atoms with E-state index in [2.05, 4.69) is 0 Å². The van der Waals surface area contributed by atoms with Gasteiger partial charge in [-0.2, -0.15) is 0 Å². The molecule has 0 saturated heterocycles. The quantitative estimate of drug-likeness (QED) is 0.395. The van der Waals surface area contributed by atoms with E-state index < -0.39 is 0 Å². The Kier molecular flexibility index (Phi) is 95.7. The fourth-order valence-corrected chi connectivity index (χ4v) is 0. The molecule has 0 aliphatic heterocycles. The Labute approximate surface area is 65.5 Å². The van der Waals surface area contributed by atoms with E-state index in [1.54, 1.807) is 0 Å². The van der Waals surface area contributed by atoms with Crippen LogP contribution in [-0.2, 0) is 23.2 Å². The average molecular weight is 172 g/mol. The van der Waals surface area contributed by atoms with Crippen LogP contribution in [0.3, 0.4) is 0 Å². The van der Waals surface area contributed by atoms with Crippen molar-refractivity contribution < 1.29 is 28.7 Å². The first kappa shape index (κ1) is 17.3. The zero-order valence-electron chi connectivity index (χ0n) is 1.32. The zero-order chi connectivity index (χ0) is 2.00. The van der Waals surface area contributed by atoms with Crippen LogP contribution in [0.5, 0.6) is 0 Å². The summed E-state index contributed by atoms with van der Waals surface area (Å²) >= 11 is 0.700. The van der Waals surface area contributed by atoms with Crippen molar-refractivity contribution in [3.05, 3.63) is 0 Å². The second kappa shape index (κ2) is 22.2. The van der Waals surface area contributed by atoms with E-state index in [-0.39, 0.29) is 43.2 Å². The Bertz CT molecular complexity index is 6.00. The van der Waals surface area contributed by atoms with E-state index in [1.807, 2.05) is 0 Å². The Balaban J connectivity index is -0.00000000500. The predicted octanol–water partition coefficient (Wildman–Crippen LogP) is -1.86. The van der Waals surface area contributed by atoms with Gasteiger partial charge in [-0.3, -0.25) is 0 Å².